The normalized spacial score (nSPS) is 15.9. The van der Waals surface area contributed by atoms with Crippen molar-refractivity contribution in [2.24, 2.45) is 11.8 Å². The number of likely N-dealkylation sites (tertiary alicyclic amines) is 1. The summed E-state index contributed by atoms with van der Waals surface area (Å²) in [5, 5.41) is 12.7. The van der Waals surface area contributed by atoms with Gasteiger partial charge in [-0.05, 0) is 42.9 Å². The number of nitrogens with one attached hydrogen (secondary N) is 1. The smallest absolute Gasteiger partial charge is 0.253 e. The number of anilines is 1. The van der Waals surface area contributed by atoms with E-state index in [2.05, 4.69) is 19.2 Å². The van der Waals surface area contributed by atoms with Crippen molar-refractivity contribution in [1.82, 2.24) is 4.90 Å². The Morgan fingerprint density at radius 2 is 2.00 bits per heavy atom. The first-order valence-corrected chi connectivity index (χ1v) is 8.92. The van der Waals surface area contributed by atoms with E-state index in [1.807, 2.05) is 29.2 Å². The molecule has 0 saturated carbocycles. The molecule has 0 atom stereocenters. The van der Waals surface area contributed by atoms with Gasteiger partial charge in [0.05, 0.1) is 0 Å². The van der Waals surface area contributed by atoms with Gasteiger partial charge in [-0.25, -0.2) is 0 Å². The van der Waals surface area contributed by atoms with E-state index in [1.165, 1.54) is 12.8 Å². The summed E-state index contributed by atoms with van der Waals surface area (Å²) >= 11 is 0. The molecule has 0 radical (unpaired) electrons. The Kier molecular flexibility index (Phi) is 6.90. The molecule has 128 valence electrons. The summed E-state index contributed by atoms with van der Waals surface area (Å²) in [5.74, 6) is 1.13. The third-order valence-corrected chi connectivity index (χ3v) is 5.02. The fraction of sp³-hybridized carbons (Fsp3) is 0.632. The lowest BCUT2D eigenvalue weighted by atomic mass is 9.97. The number of hydrogen-bond donors (Lipinski definition) is 2. The molecule has 2 rings (SSSR count). The fourth-order valence-electron chi connectivity index (χ4n) is 3.10. The second-order valence-corrected chi connectivity index (χ2v) is 6.56. The highest BCUT2D eigenvalue weighted by Gasteiger charge is 2.23. The van der Waals surface area contributed by atoms with Crippen LogP contribution in [0.2, 0.25) is 0 Å². The molecule has 1 aliphatic rings. The second-order valence-electron chi connectivity index (χ2n) is 6.56. The van der Waals surface area contributed by atoms with E-state index in [1.54, 1.807) is 0 Å². The van der Waals surface area contributed by atoms with Gasteiger partial charge in [0.15, 0.2) is 0 Å². The number of carbonyl (C=O) groups excluding carboxylic acids is 1. The molecule has 1 aromatic rings. The Morgan fingerprint density at radius 1 is 1.30 bits per heavy atom. The first-order chi connectivity index (χ1) is 11.2. The number of piperidine rings is 1. The summed E-state index contributed by atoms with van der Waals surface area (Å²) < 4.78 is 0. The number of amides is 1. The summed E-state index contributed by atoms with van der Waals surface area (Å²) in [6, 6.07) is 7.83. The van der Waals surface area contributed by atoms with E-state index in [0.29, 0.717) is 11.8 Å². The van der Waals surface area contributed by atoms with E-state index in [0.717, 1.165) is 43.7 Å². The quantitative estimate of drug-likeness (QED) is 0.810. The van der Waals surface area contributed by atoms with Gasteiger partial charge in [-0.2, -0.15) is 0 Å². The third kappa shape index (κ3) is 4.96. The number of carbonyl (C=O) groups is 1. The highest BCUT2D eigenvalue weighted by molar-refractivity contribution is 5.95. The zero-order valence-electron chi connectivity index (χ0n) is 14.4. The van der Waals surface area contributed by atoms with Gasteiger partial charge in [0.2, 0.25) is 0 Å². The number of hydrogen-bond acceptors (Lipinski definition) is 3. The predicted octanol–water partition coefficient (Wildman–Crippen LogP) is 3.38. The van der Waals surface area contributed by atoms with Crippen LogP contribution in [-0.2, 0) is 0 Å². The molecule has 0 aliphatic carbocycles. The van der Waals surface area contributed by atoms with Gasteiger partial charge in [-0.1, -0.05) is 32.8 Å². The molecule has 0 aromatic heterocycles. The molecule has 2 N–H and O–H groups in total. The Morgan fingerprint density at radius 3 is 2.61 bits per heavy atom. The molecule has 4 heteroatoms. The number of benzene rings is 1. The fourth-order valence-corrected chi connectivity index (χ4v) is 3.10. The van der Waals surface area contributed by atoms with Crippen LogP contribution in [0.3, 0.4) is 0 Å². The molecule has 0 unspecified atom stereocenters. The summed E-state index contributed by atoms with van der Waals surface area (Å²) in [6.45, 7) is 7.10. The average Bonchev–Trinajstić information content (AvgIpc) is 2.62. The van der Waals surface area contributed by atoms with E-state index >= 15 is 0 Å². The predicted molar refractivity (Wildman–Crippen MR) is 94.7 cm³/mol. The summed E-state index contributed by atoms with van der Waals surface area (Å²) in [5.41, 5.74) is 1.77. The molecule has 4 nitrogen and oxygen atoms in total. The van der Waals surface area contributed by atoms with Crippen LogP contribution < -0.4 is 5.32 Å². The molecule has 1 fully saturated rings. The zero-order chi connectivity index (χ0) is 16.7. The lowest BCUT2D eigenvalue weighted by molar-refractivity contribution is 0.0651. The minimum absolute atomic E-state index is 0.104. The topological polar surface area (TPSA) is 52.6 Å². The van der Waals surface area contributed by atoms with Gasteiger partial charge in [0, 0.05) is 37.5 Å². The Balaban J connectivity index is 1.95. The Labute approximate surface area is 139 Å². The van der Waals surface area contributed by atoms with Gasteiger partial charge >= 0.3 is 0 Å². The van der Waals surface area contributed by atoms with Crippen molar-refractivity contribution in [2.75, 3.05) is 31.6 Å². The Bertz CT molecular complexity index is 492. The van der Waals surface area contributed by atoms with Crippen molar-refractivity contribution in [3.63, 3.8) is 0 Å². The van der Waals surface area contributed by atoms with Gasteiger partial charge < -0.3 is 15.3 Å². The van der Waals surface area contributed by atoms with E-state index in [9.17, 15) is 9.90 Å². The minimum atomic E-state index is 0.104. The van der Waals surface area contributed by atoms with Crippen LogP contribution in [-0.4, -0.2) is 42.2 Å². The number of aliphatic hydroxyl groups is 1. The second kappa shape index (κ2) is 8.92. The number of rotatable bonds is 7. The van der Waals surface area contributed by atoms with Crippen molar-refractivity contribution >= 4 is 11.6 Å². The molecule has 0 bridgehead atoms. The van der Waals surface area contributed by atoms with Crippen molar-refractivity contribution in [2.45, 2.75) is 39.5 Å². The van der Waals surface area contributed by atoms with Crippen molar-refractivity contribution in [3.8, 4) is 0 Å². The molecule has 23 heavy (non-hydrogen) atoms. The first kappa shape index (κ1) is 17.8. The van der Waals surface area contributed by atoms with Crippen LogP contribution in [0.25, 0.3) is 0 Å². The van der Waals surface area contributed by atoms with Crippen LogP contribution >= 0.6 is 0 Å². The van der Waals surface area contributed by atoms with Crippen LogP contribution in [0.4, 0.5) is 5.69 Å². The van der Waals surface area contributed by atoms with Gasteiger partial charge in [0.25, 0.3) is 5.91 Å². The monoisotopic (exact) mass is 318 g/mol. The lowest BCUT2D eigenvalue weighted by Gasteiger charge is -2.31. The molecule has 0 spiro atoms. The first-order valence-electron chi connectivity index (χ1n) is 8.92. The van der Waals surface area contributed by atoms with Gasteiger partial charge in [-0.3, -0.25) is 4.79 Å². The SMILES string of the molecule is CCC(CC)CNc1cccc(C(=O)N2CCC(CO)CC2)c1. The molecule has 1 aliphatic heterocycles. The van der Waals surface area contributed by atoms with E-state index in [-0.39, 0.29) is 12.5 Å². The van der Waals surface area contributed by atoms with E-state index in [4.69, 9.17) is 0 Å². The maximum Gasteiger partial charge on any atom is 0.253 e. The van der Waals surface area contributed by atoms with Crippen LogP contribution in [0, 0.1) is 11.8 Å². The van der Waals surface area contributed by atoms with Crippen molar-refractivity contribution in [1.29, 1.82) is 0 Å². The molecule has 1 saturated heterocycles. The van der Waals surface area contributed by atoms with Gasteiger partial charge in [0.1, 0.15) is 0 Å². The summed E-state index contributed by atoms with van der Waals surface area (Å²) in [4.78, 5) is 14.5. The average molecular weight is 318 g/mol. The Hall–Kier alpha value is -1.55. The summed E-state index contributed by atoms with van der Waals surface area (Å²) in [7, 11) is 0. The highest BCUT2D eigenvalue weighted by Crippen LogP contribution is 2.20. The molecular weight excluding hydrogens is 288 g/mol. The lowest BCUT2D eigenvalue weighted by Crippen LogP contribution is -2.39. The standard InChI is InChI=1S/C19H30N2O2/c1-3-15(4-2)13-20-18-7-5-6-17(12-18)19(23)21-10-8-16(14-22)9-11-21/h5-7,12,15-16,20,22H,3-4,8-11,13-14H2,1-2H3. The summed E-state index contributed by atoms with van der Waals surface area (Å²) in [6.07, 6.45) is 4.13. The maximum absolute atomic E-state index is 12.6. The van der Waals surface area contributed by atoms with Gasteiger partial charge in [-0.15, -0.1) is 0 Å². The van der Waals surface area contributed by atoms with Crippen LogP contribution in [0.15, 0.2) is 24.3 Å². The van der Waals surface area contributed by atoms with Crippen molar-refractivity contribution in [3.05, 3.63) is 29.8 Å². The number of nitrogens with zero attached hydrogens (tertiary/aromatic N) is 1. The van der Waals surface area contributed by atoms with E-state index < -0.39 is 0 Å². The van der Waals surface area contributed by atoms with Crippen molar-refractivity contribution < 1.29 is 9.90 Å². The van der Waals surface area contributed by atoms with Crippen LogP contribution in [0.1, 0.15) is 49.9 Å². The number of aliphatic hydroxyl groups excluding tert-OH is 1. The van der Waals surface area contributed by atoms with Crippen LogP contribution in [0.5, 0.6) is 0 Å². The maximum atomic E-state index is 12.6. The molecular formula is C19H30N2O2. The third-order valence-electron chi connectivity index (χ3n) is 5.02. The zero-order valence-corrected chi connectivity index (χ0v) is 14.4. The molecule has 1 heterocycles. The largest absolute Gasteiger partial charge is 0.396 e. The minimum Gasteiger partial charge on any atom is -0.396 e. The molecule has 1 aromatic carbocycles. The molecule has 1 amide bonds. The highest BCUT2D eigenvalue weighted by atomic mass is 16.3.